The van der Waals surface area contributed by atoms with Crippen LogP contribution < -0.4 is 20.1 Å². The van der Waals surface area contributed by atoms with Crippen LogP contribution in [0.4, 0.5) is 10.5 Å². The summed E-state index contributed by atoms with van der Waals surface area (Å²) in [5, 5.41) is 16.8. The minimum absolute atomic E-state index is 0.0340. The molecule has 0 bridgehead atoms. The van der Waals surface area contributed by atoms with E-state index in [0.717, 1.165) is 0 Å². The highest BCUT2D eigenvalue weighted by molar-refractivity contribution is 5.95. The number of esters is 1. The summed E-state index contributed by atoms with van der Waals surface area (Å²) >= 11 is 0. The number of urea groups is 1. The Labute approximate surface area is 162 Å². The average molecular weight is 393 g/mol. The molecule has 10 nitrogen and oxygen atoms in total. The average Bonchev–Trinajstić information content (AvgIpc) is 2.66. The Hall–Kier alpha value is -3.30. The number of methoxy groups -OCH3 is 1. The van der Waals surface area contributed by atoms with Gasteiger partial charge in [0.25, 0.3) is 0 Å². The van der Waals surface area contributed by atoms with E-state index < -0.39 is 23.0 Å². The summed E-state index contributed by atoms with van der Waals surface area (Å²) in [5.41, 5.74) is 0.548. The molecule has 1 atom stereocenters. The maximum absolute atomic E-state index is 12.5. The SMILES string of the molecule is CCOC(=O)C1=C(CC)NC(=O)NC1c1cc(OCC)c(OC)c([N+](=O)[O-])c1. The molecule has 0 aromatic heterocycles. The maximum atomic E-state index is 12.5. The number of rotatable bonds is 8. The van der Waals surface area contributed by atoms with Gasteiger partial charge in [0.05, 0.1) is 36.9 Å². The van der Waals surface area contributed by atoms with Crippen LogP contribution in [0.2, 0.25) is 0 Å². The molecule has 1 aliphatic rings. The van der Waals surface area contributed by atoms with E-state index in [-0.39, 0.29) is 36.0 Å². The second-order valence-corrected chi connectivity index (χ2v) is 5.76. The van der Waals surface area contributed by atoms with Crippen molar-refractivity contribution >= 4 is 17.7 Å². The number of nitrogens with one attached hydrogen (secondary N) is 2. The van der Waals surface area contributed by atoms with Crippen LogP contribution in [0.15, 0.2) is 23.4 Å². The lowest BCUT2D eigenvalue weighted by Crippen LogP contribution is -2.45. The van der Waals surface area contributed by atoms with Crippen LogP contribution in [0.25, 0.3) is 0 Å². The van der Waals surface area contributed by atoms with E-state index in [9.17, 15) is 19.7 Å². The van der Waals surface area contributed by atoms with Gasteiger partial charge in [-0.1, -0.05) is 6.92 Å². The Kier molecular flexibility index (Phi) is 6.80. The predicted molar refractivity (Wildman–Crippen MR) is 99.2 cm³/mol. The van der Waals surface area contributed by atoms with Gasteiger partial charge in [0.1, 0.15) is 0 Å². The molecule has 0 saturated carbocycles. The molecule has 10 heteroatoms. The molecule has 2 N–H and O–H groups in total. The molecule has 0 radical (unpaired) electrons. The molecule has 1 heterocycles. The van der Waals surface area contributed by atoms with Gasteiger partial charge in [-0.3, -0.25) is 10.1 Å². The van der Waals surface area contributed by atoms with E-state index in [4.69, 9.17) is 14.2 Å². The molecule has 1 unspecified atom stereocenters. The normalized spacial score (nSPS) is 16.1. The largest absolute Gasteiger partial charge is 0.490 e. The van der Waals surface area contributed by atoms with E-state index in [0.29, 0.717) is 17.7 Å². The molecular weight excluding hydrogens is 370 g/mol. The Morgan fingerprint density at radius 1 is 1.25 bits per heavy atom. The second-order valence-electron chi connectivity index (χ2n) is 5.76. The summed E-state index contributed by atoms with van der Waals surface area (Å²) in [7, 11) is 1.30. The van der Waals surface area contributed by atoms with Crippen molar-refractivity contribution in [3.05, 3.63) is 39.1 Å². The molecule has 28 heavy (non-hydrogen) atoms. The van der Waals surface area contributed by atoms with Crippen LogP contribution in [0.3, 0.4) is 0 Å². The number of carbonyl (C=O) groups is 2. The number of allylic oxidation sites excluding steroid dienone is 1. The number of hydrogen-bond donors (Lipinski definition) is 2. The fourth-order valence-corrected chi connectivity index (χ4v) is 2.98. The first-order chi connectivity index (χ1) is 13.4. The molecule has 2 rings (SSSR count). The van der Waals surface area contributed by atoms with Gasteiger partial charge in [-0.25, -0.2) is 9.59 Å². The van der Waals surface area contributed by atoms with Crippen molar-refractivity contribution < 1.29 is 28.7 Å². The van der Waals surface area contributed by atoms with Crippen molar-refractivity contribution in [1.82, 2.24) is 10.6 Å². The van der Waals surface area contributed by atoms with E-state index in [1.54, 1.807) is 20.8 Å². The van der Waals surface area contributed by atoms with E-state index in [1.807, 2.05) is 0 Å². The molecule has 0 spiro atoms. The number of nitro groups is 1. The molecule has 0 saturated heterocycles. The zero-order valence-corrected chi connectivity index (χ0v) is 16.2. The molecule has 1 aromatic carbocycles. The van der Waals surface area contributed by atoms with Crippen molar-refractivity contribution in [3.8, 4) is 11.5 Å². The second kappa shape index (κ2) is 9.07. The first kappa shape index (κ1) is 21.0. The molecule has 2 amide bonds. The van der Waals surface area contributed by atoms with Gasteiger partial charge in [0.2, 0.25) is 5.75 Å². The number of hydrogen-bond acceptors (Lipinski definition) is 7. The molecular formula is C18H23N3O7. The Bertz CT molecular complexity index is 820. The van der Waals surface area contributed by atoms with Gasteiger partial charge in [-0.05, 0) is 31.9 Å². The zero-order chi connectivity index (χ0) is 20.8. The van der Waals surface area contributed by atoms with Crippen LogP contribution >= 0.6 is 0 Å². The summed E-state index contributed by atoms with van der Waals surface area (Å²) in [6, 6.07) is 1.31. The third kappa shape index (κ3) is 4.16. The van der Waals surface area contributed by atoms with Crippen molar-refractivity contribution in [2.75, 3.05) is 20.3 Å². The number of nitro benzene ring substituents is 1. The number of nitrogens with zero attached hydrogens (tertiary/aromatic N) is 1. The Morgan fingerprint density at radius 3 is 2.50 bits per heavy atom. The summed E-state index contributed by atoms with van der Waals surface area (Å²) in [5.74, 6) is -0.509. The lowest BCUT2D eigenvalue weighted by atomic mass is 9.93. The van der Waals surface area contributed by atoms with Crippen molar-refractivity contribution in [2.24, 2.45) is 0 Å². The lowest BCUT2D eigenvalue weighted by Gasteiger charge is -2.29. The van der Waals surface area contributed by atoms with Crippen LogP contribution in [-0.4, -0.2) is 37.2 Å². The Morgan fingerprint density at radius 2 is 1.96 bits per heavy atom. The van der Waals surface area contributed by atoms with Gasteiger partial charge in [-0.2, -0.15) is 0 Å². The number of amides is 2. The zero-order valence-electron chi connectivity index (χ0n) is 16.2. The lowest BCUT2D eigenvalue weighted by molar-refractivity contribution is -0.385. The minimum Gasteiger partial charge on any atom is -0.490 e. The van der Waals surface area contributed by atoms with Crippen molar-refractivity contribution in [2.45, 2.75) is 33.2 Å². The van der Waals surface area contributed by atoms with Gasteiger partial charge in [0.15, 0.2) is 5.75 Å². The highest BCUT2D eigenvalue weighted by Gasteiger charge is 2.35. The number of benzene rings is 1. The molecule has 0 fully saturated rings. The predicted octanol–water partition coefficient (Wildman–Crippen LogP) is 2.58. The fraction of sp³-hybridized carbons (Fsp3) is 0.444. The van der Waals surface area contributed by atoms with Gasteiger partial charge in [0, 0.05) is 11.8 Å². The van der Waals surface area contributed by atoms with Crippen LogP contribution in [0.5, 0.6) is 11.5 Å². The summed E-state index contributed by atoms with van der Waals surface area (Å²) in [4.78, 5) is 35.6. The van der Waals surface area contributed by atoms with Crippen molar-refractivity contribution in [1.29, 1.82) is 0 Å². The van der Waals surface area contributed by atoms with E-state index in [2.05, 4.69) is 10.6 Å². The van der Waals surface area contributed by atoms with Crippen LogP contribution in [0, 0.1) is 10.1 Å². The topological polar surface area (TPSA) is 129 Å². The summed E-state index contributed by atoms with van der Waals surface area (Å²) in [6.07, 6.45) is 0.370. The number of carbonyl (C=O) groups excluding carboxylic acids is 2. The number of ether oxygens (including phenoxy) is 3. The van der Waals surface area contributed by atoms with Crippen LogP contribution in [0.1, 0.15) is 38.8 Å². The summed E-state index contributed by atoms with van der Waals surface area (Å²) in [6.45, 7) is 5.56. The monoisotopic (exact) mass is 393 g/mol. The quantitative estimate of drug-likeness (QED) is 0.394. The van der Waals surface area contributed by atoms with Crippen LogP contribution in [-0.2, 0) is 9.53 Å². The molecule has 1 aromatic rings. The molecule has 152 valence electrons. The molecule has 0 aliphatic carbocycles. The highest BCUT2D eigenvalue weighted by Crippen LogP contribution is 2.41. The first-order valence-electron chi connectivity index (χ1n) is 8.84. The standard InChI is InChI=1S/C18H23N3O7/c1-5-11-14(17(22)28-7-3)15(20-18(23)19-11)10-8-12(21(24)25)16(26-4)13(9-10)27-6-2/h8-9,15H,5-7H2,1-4H3,(H2,19,20,23). The Balaban J connectivity index is 2.69. The van der Waals surface area contributed by atoms with Gasteiger partial charge >= 0.3 is 17.7 Å². The van der Waals surface area contributed by atoms with Crippen molar-refractivity contribution in [3.63, 3.8) is 0 Å². The third-order valence-corrected chi connectivity index (χ3v) is 4.09. The van der Waals surface area contributed by atoms with E-state index >= 15 is 0 Å². The fourth-order valence-electron chi connectivity index (χ4n) is 2.98. The van der Waals surface area contributed by atoms with Gasteiger partial charge < -0.3 is 24.8 Å². The highest BCUT2D eigenvalue weighted by atomic mass is 16.6. The van der Waals surface area contributed by atoms with Gasteiger partial charge in [-0.15, -0.1) is 0 Å². The smallest absolute Gasteiger partial charge is 0.338 e. The molecule has 1 aliphatic heterocycles. The van der Waals surface area contributed by atoms with E-state index in [1.165, 1.54) is 19.2 Å². The summed E-state index contributed by atoms with van der Waals surface area (Å²) < 4.78 is 15.7. The first-order valence-corrected chi connectivity index (χ1v) is 8.84. The third-order valence-electron chi connectivity index (χ3n) is 4.09. The minimum atomic E-state index is -0.938. The maximum Gasteiger partial charge on any atom is 0.338 e.